The number of hydrogen-bond acceptors (Lipinski definition) is 9. The highest BCUT2D eigenvalue weighted by atomic mass is 32.2. The van der Waals surface area contributed by atoms with E-state index in [0.717, 1.165) is 11.6 Å². The van der Waals surface area contributed by atoms with E-state index in [2.05, 4.69) is 0 Å². The number of sulfonamides is 1. The highest BCUT2D eigenvalue weighted by molar-refractivity contribution is 7.90. The van der Waals surface area contributed by atoms with Gasteiger partial charge in [0.25, 0.3) is 5.78 Å². The fourth-order valence-corrected chi connectivity index (χ4v) is 4.04. The Kier molecular flexibility index (Phi) is 10.0. The summed E-state index contributed by atoms with van der Waals surface area (Å²) in [5.74, 6) is -10.8. The Morgan fingerprint density at radius 3 is 1.89 bits per heavy atom. The standard InChI is InChI=1S/C17H21F8NO9S2/c1-9(12(27)13(28)16(21,22)37(31,32)33)10(4-5-26-36(29,30)17(23,24)25)11(15(18,19)20)8-14(2)34-6-3-7-35-14/h11,26H,3-8H2,1-2H3,(H,31,32,33)/p-1. The minimum absolute atomic E-state index is 0.102. The van der Waals surface area contributed by atoms with Gasteiger partial charge >= 0.3 is 27.0 Å². The van der Waals surface area contributed by atoms with Gasteiger partial charge in [0.05, 0.1) is 19.1 Å². The number of carbonyl (C=O) groups excluding carboxylic acids is 2. The zero-order chi connectivity index (χ0) is 29.3. The van der Waals surface area contributed by atoms with Gasteiger partial charge in [-0.3, -0.25) is 9.59 Å². The molecule has 1 fully saturated rings. The number of hydrogen-bond donors (Lipinski definition) is 1. The van der Waals surface area contributed by atoms with Gasteiger partial charge in [-0.2, -0.15) is 35.1 Å². The molecule has 0 radical (unpaired) electrons. The van der Waals surface area contributed by atoms with E-state index in [9.17, 15) is 66.1 Å². The average molecular weight is 598 g/mol. The fourth-order valence-electron chi connectivity index (χ4n) is 3.19. The van der Waals surface area contributed by atoms with E-state index < -0.39 is 90.9 Å². The first kappa shape index (κ1) is 33.3. The molecule has 0 amide bonds. The number of ketones is 2. The van der Waals surface area contributed by atoms with Crippen LogP contribution in [0.4, 0.5) is 35.1 Å². The molecule has 0 spiro atoms. The van der Waals surface area contributed by atoms with Crippen LogP contribution in [0.3, 0.4) is 0 Å². The molecular weight excluding hydrogens is 578 g/mol. The predicted molar refractivity (Wildman–Crippen MR) is 104 cm³/mol. The lowest BCUT2D eigenvalue weighted by Gasteiger charge is -2.38. The molecule has 10 nitrogen and oxygen atoms in total. The van der Waals surface area contributed by atoms with E-state index in [1.807, 2.05) is 0 Å². The lowest BCUT2D eigenvalue weighted by Crippen LogP contribution is -2.45. The molecule has 1 aliphatic rings. The van der Waals surface area contributed by atoms with Crippen molar-refractivity contribution >= 4 is 31.7 Å². The number of halogens is 8. The Morgan fingerprint density at radius 1 is 1.00 bits per heavy atom. The predicted octanol–water partition coefficient (Wildman–Crippen LogP) is 2.13. The first-order chi connectivity index (χ1) is 16.4. The SMILES string of the molecule is CC(C(=O)C(=O)C(F)(F)S(=O)(=O)[O-])=C(CCNS(=O)(=O)C(F)(F)F)C(CC1(C)OCCCO1)C(F)(F)F. The molecule has 0 bridgehead atoms. The highest BCUT2D eigenvalue weighted by Crippen LogP contribution is 2.42. The van der Waals surface area contributed by atoms with Crippen LogP contribution in [0.5, 0.6) is 0 Å². The first-order valence-electron chi connectivity index (χ1n) is 9.90. The lowest BCUT2D eigenvalue weighted by atomic mass is 9.84. The molecule has 0 aromatic carbocycles. The molecule has 20 heteroatoms. The zero-order valence-electron chi connectivity index (χ0n) is 18.8. The van der Waals surface area contributed by atoms with Gasteiger partial charge in [0.1, 0.15) is 0 Å². The molecule has 1 rings (SSSR count). The maximum Gasteiger partial charge on any atom is 0.511 e. The van der Waals surface area contributed by atoms with E-state index in [4.69, 9.17) is 9.47 Å². The van der Waals surface area contributed by atoms with Crippen molar-refractivity contribution in [2.24, 2.45) is 5.92 Å². The number of allylic oxidation sites excluding steroid dienone is 1. The summed E-state index contributed by atoms with van der Waals surface area (Å²) in [7, 11) is -12.9. The number of ether oxygens (including phenoxy) is 2. The molecule has 37 heavy (non-hydrogen) atoms. The molecule has 1 saturated heterocycles. The number of rotatable bonds is 11. The number of Topliss-reactive ketones (excluding diaryl/α,β-unsaturated/α-hetero) is 2. The van der Waals surface area contributed by atoms with Crippen LogP contribution in [0.25, 0.3) is 0 Å². The van der Waals surface area contributed by atoms with Crippen LogP contribution in [0.2, 0.25) is 0 Å². The number of carbonyl (C=O) groups is 2. The second-order valence-electron chi connectivity index (χ2n) is 7.86. The maximum absolute atomic E-state index is 14.0. The maximum atomic E-state index is 14.0. The quantitative estimate of drug-likeness (QED) is 0.163. The summed E-state index contributed by atoms with van der Waals surface area (Å²) < 4.78 is 173. The number of nitrogens with one attached hydrogen (secondary N) is 1. The van der Waals surface area contributed by atoms with Crippen molar-refractivity contribution in [3.05, 3.63) is 11.1 Å². The largest absolute Gasteiger partial charge is 0.743 e. The van der Waals surface area contributed by atoms with Crippen LogP contribution in [-0.4, -0.2) is 75.4 Å². The minimum atomic E-state index is -6.79. The van der Waals surface area contributed by atoms with Crippen LogP contribution in [0.15, 0.2) is 11.1 Å². The highest BCUT2D eigenvalue weighted by Gasteiger charge is 2.52. The molecule has 0 aromatic rings. The second kappa shape index (κ2) is 11.2. The van der Waals surface area contributed by atoms with Gasteiger partial charge in [0.2, 0.25) is 5.78 Å². The second-order valence-corrected chi connectivity index (χ2v) is 11.0. The van der Waals surface area contributed by atoms with E-state index in [-0.39, 0.29) is 19.6 Å². The van der Waals surface area contributed by atoms with E-state index in [1.165, 1.54) is 0 Å². The van der Waals surface area contributed by atoms with Crippen molar-refractivity contribution in [1.82, 2.24) is 4.72 Å². The normalized spacial score (nSPS) is 19.2. The van der Waals surface area contributed by atoms with Crippen molar-refractivity contribution in [2.75, 3.05) is 19.8 Å². The summed E-state index contributed by atoms with van der Waals surface area (Å²) in [5.41, 5.74) is -8.74. The van der Waals surface area contributed by atoms with Gasteiger partial charge in [0, 0.05) is 18.5 Å². The van der Waals surface area contributed by atoms with Gasteiger partial charge in [-0.05, 0) is 32.3 Å². The Labute approximate surface area is 205 Å². The first-order valence-corrected chi connectivity index (χ1v) is 12.8. The van der Waals surface area contributed by atoms with Crippen LogP contribution in [0.1, 0.15) is 33.1 Å². The molecule has 1 atom stereocenters. The molecule has 0 aliphatic carbocycles. The van der Waals surface area contributed by atoms with Crippen LogP contribution in [0, 0.1) is 5.92 Å². The summed E-state index contributed by atoms with van der Waals surface area (Å²) in [4.78, 5) is 24.0. The summed E-state index contributed by atoms with van der Waals surface area (Å²) in [6.07, 6.45) is -7.76. The van der Waals surface area contributed by atoms with Gasteiger partial charge in [-0.1, -0.05) is 0 Å². The lowest BCUT2D eigenvalue weighted by molar-refractivity contribution is -0.279. The summed E-state index contributed by atoms with van der Waals surface area (Å²) in [6, 6.07) is 0. The smallest absolute Gasteiger partial charge is 0.511 e. The van der Waals surface area contributed by atoms with Gasteiger partial charge in [-0.25, -0.2) is 21.6 Å². The molecular formula is C17H20F8NO9S2-. The summed E-state index contributed by atoms with van der Waals surface area (Å²) in [6.45, 7) is -0.289. The van der Waals surface area contributed by atoms with Crippen molar-refractivity contribution < 1.29 is 75.6 Å². The van der Waals surface area contributed by atoms with Crippen molar-refractivity contribution in [3.8, 4) is 0 Å². The number of alkyl halides is 8. The van der Waals surface area contributed by atoms with Crippen molar-refractivity contribution in [1.29, 1.82) is 0 Å². The third-order valence-corrected chi connectivity index (χ3v) is 7.10. The molecule has 0 aromatic heterocycles. The van der Waals surface area contributed by atoms with Gasteiger partial charge < -0.3 is 14.0 Å². The van der Waals surface area contributed by atoms with Crippen LogP contribution >= 0.6 is 0 Å². The monoisotopic (exact) mass is 598 g/mol. The third kappa shape index (κ3) is 8.12. The van der Waals surface area contributed by atoms with Gasteiger partial charge in [0.15, 0.2) is 15.9 Å². The van der Waals surface area contributed by atoms with E-state index >= 15 is 0 Å². The van der Waals surface area contributed by atoms with Crippen LogP contribution in [-0.2, 0) is 39.2 Å². The van der Waals surface area contributed by atoms with Crippen molar-refractivity contribution in [2.45, 2.75) is 55.8 Å². The van der Waals surface area contributed by atoms with Crippen LogP contribution < -0.4 is 4.72 Å². The Morgan fingerprint density at radius 2 is 1.49 bits per heavy atom. The molecule has 1 aliphatic heterocycles. The molecule has 1 N–H and O–H groups in total. The van der Waals surface area contributed by atoms with E-state index in [0.29, 0.717) is 6.92 Å². The Balaban J connectivity index is 3.60. The average Bonchev–Trinajstić information content (AvgIpc) is 2.72. The van der Waals surface area contributed by atoms with E-state index in [1.54, 1.807) is 0 Å². The summed E-state index contributed by atoms with van der Waals surface area (Å²) >= 11 is 0. The molecule has 1 heterocycles. The summed E-state index contributed by atoms with van der Waals surface area (Å²) in [5, 5.41) is -5.89. The fraction of sp³-hybridized carbons (Fsp3) is 0.765. The molecule has 216 valence electrons. The zero-order valence-corrected chi connectivity index (χ0v) is 20.5. The third-order valence-electron chi connectivity index (χ3n) is 5.09. The topological polar surface area (TPSA) is 156 Å². The Hall–Kier alpha value is -1.74. The minimum Gasteiger partial charge on any atom is -0.743 e. The molecule has 1 unspecified atom stereocenters. The Bertz CT molecular complexity index is 1120. The van der Waals surface area contributed by atoms with Crippen molar-refractivity contribution in [3.63, 3.8) is 0 Å². The van der Waals surface area contributed by atoms with Gasteiger partial charge in [-0.15, -0.1) is 0 Å². The molecule has 0 saturated carbocycles.